The van der Waals surface area contributed by atoms with Crippen LogP contribution in [0.3, 0.4) is 0 Å². The number of benzene rings is 1. The Morgan fingerprint density at radius 1 is 1.19 bits per heavy atom. The Labute approximate surface area is 153 Å². The molecule has 0 radical (unpaired) electrons. The molecule has 0 aliphatic heterocycles. The number of amides is 1. The summed E-state index contributed by atoms with van der Waals surface area (Å²) in [7, 11) is -2.77. The molecule has 0 bridgehead atoms. The van der Waals surface area contributed by atoms with E-state index < -0.39 is 40.9 Å². The smallest absolute Gasteiger partial charge is 0.321 e. The van der Waals surface area contributed by atoms with E-state index in [0.717, 1.165) is 34.1 Å². The maximum atomic E-state index is 12.9. The van der Waals surface area contributed by atoms with E-state index >= 15 is 0 Å². The molecule has 0 atom stereocenters. The number of nitrogens with zero attached hydrogens (tertiary/aromatic N) is 2. The fourth-order valence-corrected chi connectivity index (χ4v) is 3.15. The number of hydrogen-bond donors (Lipinski definition) is 0. The summed E-state index contributed by atoms with van der Waals surface area (Å²) in [6.45, 7) is 7.02. The molecule has 144 valence electrons. The van der Waals surface area contributed by atoms with Gasteiger partial charge in [0.15, 0.2) is 6.61 Å². The fraction of sp³-hybridized carbons (Fsp3) is 0.412. The number of hydrogen-bond acceptors (Lipinski definition) is 5. The molecule has 0 unspecified atom stereocenters. The molecular formula is C17H23FN2O5S. The minimum atomic E-state index is -3.97. The van der Waals surface area contributed by atoms with Gasteiger partial charge in [-0.1, -0.05) is 12.2 Å². The van der Waals surface area contributed by atoms with E-state index in [1.165, 1.54) is 11.9 Å². The number of carbonyl (C=O) groups excluding carboxylic acids is 2. The molecule has 0 saturated carbocycles. The van der Waals surface area contributed by atoms with Crippen LogP contribution in [0.1, 0.15) is 13.8 Å². The molecule has 1 amide bonds. The molecule has 0 heterocycles. The minimum absolute atomic E-state index is 0.149. The van der Waals surface area contributed by atoms with Crippen molar-refractivity contribution in [2.75, 3.05) is 33.3 Å². The first kappa shape index (κ1) is 21.8. The number of ether oxygens (including phenoxy) is 1. The van der Waals surface area contributed by atoms with Crippen LogP contribution in [0.25, 0.3) is 0 Å². The van der Waals surface area contributed by atoms with E-state index in [-0.39, 0.29) is 4.90 Å². The number of carbonyl (C=O) groups is 2. The lowest BCUT2D eigenvalue weighted by molar-refractivity contribution is -0.151. The van der Waals surface area contributed by atoms with Crippen molar-refractivity contribution in [2.45, 2.75) is 18.7 Å². The molecule has 0 N–H and O–H groups in total. The van der Waals surface area contributed by atoms with Gasteiger partial charge in [-0.15, -0.1) is 0 Å². The lowest BCUT2D eigenvalue weighted by Gasteiger charge is -2.21. The summed E-state index contributed by atoms with van der Waals surface area (Å²) in [6.07, 6.45) is 0. The topological polar surface area (TPSA) is 84.0 Å². The van der Waals surface area contributed by atoms with Gasteiger partial charge in [0.1, 0.15) is 12.4 Å². The minimum Gasteiger partial charge on any atom is -0.455 e. The molecule has 9 heteroatoms. The second-order valence-corrected chi connectivity index (χ2v) is 7.79. The Balaban J connectivity index is 2.62. The van der Waals surface area contributed by atoms with Gasteiger partial charge < -0.3 is 9.64 Å². The average molecular weight is 386 g/mol. The van der Waals surface area contributed by atoms with E-state index in [9.17, 15) is 22.4 Å². The standard InChI is InChI=1S/C17H23FN2O5S/c1-5-20(10-13(2)3)16(21)12-25-17(22)11-19(4)26(23,24)15-8-6-14(18)7-9-15/h6-9H,2,5,10-12H2,1,3-4H3. The quantitative estimate of drug-likeness (QED) is 0.473. The fourth-order valence-electron chi connectivity index (χ4n) is 2.03. The number of halogens is 1. The van der Waals surface area contributed by atoms with Gasteiger partial charge in [0.05, 0.1) is 4.90 Å². The van der Waals surface area contributed by atoms with Crippen molar-refractivity contribution >= 4 is 21.9 Å². The monoisotopic (exact) mass is 386 g/mol. The molecule has 7 nitrogen and oxygen atoms in total. The average Bonchev–Trinajstić information content (AvgIpc) is 2.57. The Bertz CT molecular complexity index is 762. The zero-order chi connectivity index (χ0) is 19.9. The van der Waals surface area contributed by atoms with Crippen LogP contribution in [0.15, 0.2) is 41.3 Å². The number of likely N-dealkylation sites (N-methyl/N-ethyl adjacent to an activating group) is 2. The van der Waals surface area contributed by atoms with Crippen LogP contribution in [-0.2, 0) is 24.3 Å². The van der Waals surface area contributed by atoms with Gasteiger partial charge in [-0.3, -0.25) is 9.59 Å². The van der Waals surface area contributed by atoms with Crippen LogP contribution >= 0.6 is 0 Å². The van der Waals surface area contributed by atoms with E-state index in [1.54, 1.807) is 13.8 Å². The van der Waals surface area contributed by atoms with Crippen molar-refractivity contribution in [1.29, 1.82) is 0 Å². The summed E-state index contributed by atoms with van der Waals surface area (Å²) in [5.74, 6) is -1.83. The summed E-state index contributed by atoms with van der Waals surface area (Å²) in [5, 5.41) is 0. The highest BCUT2D eigenvalue weighted by Crippen LogP contribution is 2.14. The third-order valence-electron chi connectivity index (χ3n) is 3.43. The largest absolute Gasteiger partial charge is 0.455 e. The third-order valence-corrected chi connectivity index (χ3v) is 5.24. The van der Waals surface area contributed by atoms with Crippen LogP contribution in [0.2, 0.25) is 0 Å². The summed E-state index contributed by atoms with van der Waals surface area (Å²) in [5.41, 5.74) is 0.789. The van der Waals surface area contributed by atoms with Crippen molar-refractivity contribution in [3.63, 3.8) is 0 Å². The number of esters is 1. The summed E-state index contributed by atoms with van der Waals surface area (Å²) in [4.78, 5) is 25.2. The molecule has 0 aliphatic rings. The normalized spacial score (nSPS) is 11.3. The molecule has 0 aliphatic carbocycles. The van der Waals surface area contributed by atoms with Crippen molar-refractivity contribution < 1.29 is 27.1 Å². The first-order chi connectivity index (χ1) is 12.1. The van der Waals surface area contributed by atoms with E-state index in [4.69, 9.17) is 4.74 Å². The summed E-state index contributed by atoms with van der Waals surface area (Å²) in [6, 6.07) is 4.23. The van der Waals surface area contributed by atoms with Gasteiger partial charge in [-0.25, -0.2) is 12.8 Å². The molecule has 0 saturated heterocycles. The predicted octanol–water partition coefficient (Wildman–Crippen LogP) is 1.41. The second-order valence-electron chi connectivity index (χ2n) is 5.74. The SMILES string of the molecule is C=C(C)CN(CC)C(=O)COC(=O)CN(C)S(=O)(=O)c1ccc(F)cc1. The highest BCUT2D eigenvalue weighted by Gasteiger charge is 2.24. The second kappa shape index (κ2) is 9.44. The van der Waals surface area contributed by atoms with Crippen molar-refractivity contribution in [3.8, 4) is 0 Å². The third kappa shape index (κ3) is 6.23. The van der Waals surface area contributed by atoms with Crippen LogP contribution in [0, 0.1) is 5.82 Å². The Morgan fingerprint density at radius 3 is 2.27 bits per heavy atom. The predicted molar refractivity (Wildman–Crippen MR) is 94.2 cm³/mol. The molecule has 0 aromatic heterocycles. The summed E-state index contributed by atoms with van der Waals surface area (Å²) >= 11 is 0. The van der Waals surface area contributed by atoms with Gasteiger partial charge in [-0.2, -0.15) is 4.31 Å². The number of sulfonamides is 1. The Hall–Kier alpha value is -2.26. The van der Waals surface area contributed by atoms with Crippen LogP contribution < -0.4 is 0 Å². The zero-order valence-corrected chi connectivity index (χ0v) is 15.9. The molecule has 0 fully saturated rings. The molecule has 1 aromatic carbocycles. The van der Waals surface area contributed by atoms with Crippen molar-refractivity contribution in [2.24, 2.45) is 0 Å². The van der Waals surface area contributed by atoms with Gasteiger partial charge >= 0.3 is 5.97 Å². The first-order valence-corrected chi connectivity index (χ1v) is 9.31. The maximum Gasteiger partial charge on any atom is 0.321 e. The lowest BCUT2D eigenvalue weighted by Crippen LogP contribution is -2.38. The summed E-state index contributed by atoms with van der Waals surface area (Å²) < 4.78 is 43.2. The Morgan fingerprint density at radius 2 is 1.77 bits per heavy atom. The molecule has 1 aromatic rings. The molecule has 1 rings (SSSR count). The molecular weight excluding hydrogens is 363 g/mol. The Kier molecular flexibility index (Phi) is 7.91. The first-order valence-electron chi connectivity index (χ1n) is 7.87. The van der Waals surface area contributed by atoms with E-state index in [0.29, 0.717) is 13.1 Å². The van der Waals surface area contributed by atoms with E-state index in [1.807, 2.05) is 0 Å². The van der Waals surface area contributed by atoms with Gasteiger partial charge in [-0.05, 0) is 38.1 Å². The lowest BCUT2D eigenvalue weighted by atomic mass is 10.3. The molecule has 0 spiro atoms. The number of rotatable bonds is 9. The van der Waals surface area contributed by atoms with Crippen molar-refractivity contribution in [1.82, 2.24) is 9.21 Å². The van der Waals surface area contributed by atoms with Crippen LogP contribution in [0.5, 0.6) is 0 Å². The van der Waals surface area contributed by atoms with Gasteiger partial charge in [0, 0.05) is 20.1 Å². The van der Waals surface area contributed by atoms with Crippen LogP contribution in [0.4, 0.5) is 4.39 Å². The van der Waals surface area contributed by atoms with Crippen molar-refractivity contribution in [3.05, 3.63) is 42.2 Å². The highest BCUT2D eigenvalue weighted by atomic mass is 32.2. The van der Waals surface area contributed by atoms with Gasteiger partial charge in [0.25, 0.3) is 5.91 Å². The van der Waals surface area contributed by atoms with Gasteiger partial charge in [0.2, 0.25) is 10.0 Å². The highest BCUT2D eigenvalue weighted by molar-refractivity contribution is 7.89. The van der Waals surface area contributed by atoms with Crippen LogP contribution in [-0.4, -0.2) is 62.8 Å². The van der Waals surface area contributed by atoms with E-state index in [2.05, 4.69) is 6.58 Å². The zero-order valence-electron chi connectivity index (χ0n) is 15.1. The molecule has 26 heavy (non-hydrogen) atoms. The maximum absolute atomic E-state index is 12.9.